The van der Waals surface area contributed by atoms with Crippen molar-refractivity contribution in [3.8, 4) is 22.9 Å². The molecule has 0 aliphatic rings. The second kappa shape index (κ2) is 5.07. The van der Waals surface area contributed by atoms with Crippen LogP contribution < -0.4 is 0 Å². The van der Waals surface area contributed by atoms with Crippen molar-refractivity contribution in [2.75, 3.05) is 0 Å². The molecule has 1 aromatic carbocycles. The highest BCUT2D eigenvalue weighted by molar-refractivity contribution is 5.92. The fourth-order valence-electron chi connectivity index (χ4n) is 2.60. The Balaban J connectivity index is 1.86. The minimum Gasteiger partial charge on any atom is -0.346 e. The van der Waals surface area contributed by atoms with Gasteiger partial charge in [-0.25, -0.2) is 14.1 Å². The first kappa shape index (κ1) is 13.2. The van der Waals surface area contributed by atoms with Crippen molar-refractivity contribution in [1.82, 2.24) is 19.7 Å². The van der Waals surface area contributed by atoms with E-state index in [1.54, 1.807) is 18.6 Å². The predicted molar refractivity (Wildman–Crippen MR) is 83.3 cm³/mol. The first-order chi connectivity index (χ1) is 11.3. The van der Waals surface area contributed by atoms with Gasteiger partial charge in [0.05, 0.1) is 17.4 Å². The Hall–Kier alpha value is -3.46. The molecule has 1 N–H and O–H groups in total. The van der Waals surface area contributed by atoms with Crippen molar-refractivity contribution in [2.24, 2.45) is 0 Å². The smallest absolute Gasteiger partial charge is 0.137 e. The zero-order valence-corrected chi connectivity index (χ0v) is 11.9. The van der Waals surface area contributed by atoms with Crippen molar-refractivity contribution in [2.45, 2.75) is 0 Å². The maximum atomic E-state index is 13.5. The molecule has 3 aromatic heterocycles. The van der Waals surface area contributed by atoms with E-state index in [4.69, 9.17) is 0 Å². The summed E-state index contributed by atoms with van der Waals surface area (Å²) < 4.78 is 15.0. The van der Waals surface area contributed by atoms with Gasteiger partial charge in [0, 0.05) is 35.6 Å². The van der Waals surface area contributed by atoms with Crippen molar-refractivity contribution >= 4 is 11.0 Å². The second-order valence-corrected chi connectivity index (χ2v) is 5.05. The van der Waals surface area contributed by atoms with E-state index in [0.29, 0.717) is 11.3 Å². The van der Waals surface area contributed by atoms with Crippen LogP contribution in [0.4, 0.5) is 4.39 Å². The molecule has 0 spiro atoms. The van der Waals surface area contributed by atoms with Gasteiger partial charge < -0.3 is 4.98 Å². The lowest BCUT2D eigenvalue weighted by molar-refractivity contribution is 0.625. The molecule has 4 rings (SSSR count). The van der Waals surface area contributed by atoms with Crippen LogP contribution in [-0.2, 0) is 0 Å². The number of halogens is 1. The summed E-state index contributed by atoms with van der Waals surface area (Å²) in [4.78, 5) is 7.32. The molecular weight excluding hydrogens is 293 g/mol. The molecule has 0 saturated heterocycles. The van der Waals surface area contributed by atoms with Crippen LogP contribution in [0.15, 0.2) is 55.1 Å². The Morgan fingerprint density at radius 2 is 2.13 bits per heavy atom. The van der Waals surface area contributed by atoms with Crippen LogP contribution in [0, 0.1) is 17.1 Å². The molecule has 0 bridgehead atoms. The van der Waals surface area contributed by atoms with E-state index in [1.807, 2.05) is 18.3 Å². The number of hydrogen-bond donors (Lipinski definition) is 1. The van der Waals surface area contributed by atoms with Gasteiger partial charge in [0.15, 0.2) is 0 Å². The molecule has 5 nitrogen and oxygen atoms in total. The molecule has 0 fully saturated rings. The molecule has 3 heterocycles. The predicted octanol–water partition coefficient (Wildman–Crippen LogP) is 3.43. The van der Waals surface area contributed by atoms with E-state index < -0.39 is 5.82 Å². The normalized spacial score (nSPS) is 10.8. The Morgan fingerprint density at radius 1 is 1.22 bits per heavy atom. The number of fused-ring (bicyclic) bond motifs is 1. The Kier molecular flexibility index (Phi) is 2.91. The van der Waals surface area contributed by atoms with Gasteiger partial charge in [0.2, 0.25) is 0 Å². The average Bonchev–Trinajstić information content (AvgIpc) is 3.23. The summed E-state index contributed by atoms with van der Waals surface area (Å²) in [6.07, 6.45) is 7.01. The topological polar surface area (TPSA) is 70.3 Å². The van der Waals surface area contributed by atoms with Crippen LogP contribution in [0.3, 0.4) is 0 Å². The van der Waals surface area contributed by atoms with Crippen LogP contribution in [0.2, 0.25) is 0 Å². The van der Waals surface area contributed by atoms with Gasteiger partial charge in [-0.15, -0.1) is 0 Å². The largest absolute Gasteiger partial charge is 0.346 e. The average molecular weight is 303 g/mol. The molecule has 0 atom stereocenters. The number of aromatic nitrogens is 4. The number of benzene rings is 1. The number of rotatable bonds is 2. The second-order valence-electron chi connectivity index (χ2n) is 5.05. The Morgan fingerprint density at radius 3 is 3.00 bits per heavy atom. The molecule has 6 heteroatoms. The van der Waals surface area contributed by atoms with Gasteiger partial charge in [-0.1, -0.05) is 0 Å². The maximum absolute atomic E-state index is 13.5. The fraction of sp³-hybridized carbons (Fsp3) is 0. The maximum Gasteiger partial charge on any atom is 0.137 e. The van der Waals surface area contributed by atoms with Crippen LogP contribution in [-0.4, -0.2) is 19.7 Å². The molecule has 0 aliphatic carbocycles. The number of pyridine rings is 1. The summed E-state index contributed by atoms with van der Waals surface area (Å²) >= 11 is 0. The van der Waals surface area contributed by atoms with E-state index in [1.165, 1.54) is 22.9 Å². The minimum atomic E-state index is -0.409. The van der Waals surface area contributed by atoms with Gasteiger partial charge in [-0.05, 0) is 29.8 Å². The van der Waals surface area contributed by atoms with Crippen LogP contribution >= 0.6 is 0 Å². The van der Waals surface area contributed by atoms with Gasteiger partial charge in [0.1, 0.15) is 17.5 Å². The number of hydrogen-bond acceptors (Lipinski definition) is 3. The summed E-state index contributed by atoms with van der Waals surface area (Å²) in [5.74, 6) is -0.409. The fourth-order valence-corrected chi connectivity index (χ4v) is 2.60. The van der Waals surface area contributed by atoms with Crippen LogP contribution in [0.1, 0.15) is 5.56 Å². The zero-order valence-electron chi connectivity index (χ0n) is 11.9. The Labute approximate surface area is 130 Å². The molecule has 0 unspecified atom stereocenters. The summed E-state index contributed by atoms with van der Waals surface area (Å²) in [6, 6.07) is 9.90. The van der Waals surface area contributed by atoms with Crippen LogP contribution in [0.5, 0.6) is 0 Å². The van der Waals surface area contributed by atoms with Crippen LogP contribution in [0.25, 0.3) is 27.8 Å². The van der Waals surface area contributed by atoms with Gasteiger partial charge in [0.25, 0.3) is 0 Å². The Bertz CT molecular complexity index is 1050. The van der Waals surface area contributed by atoms with E-state index in [2.05, 4.69) is 21.1 Å². The first-order valence-electron chi connectivity index (χ1n) is 6.93. The van der Waals surface area contributed by atoms with E-state index in [0.717, 1.165) is 22.2 Å². The summed E-state index contributed by atoms with van der Waals surface area (Å²) in [6.45, 7) is 0. The van der Waals surface area contributed by atoms with Gasteiger partial charge in [-0.3, -0.25) is 0 Å². The lowest BCUT2D eigenvalue weighted by Gasteiger charge is -2.04. The number of nitriles is 1. The summed E-state index contributed by atoms with van der Waals surface area (Å²) in [5, 5.41) is 14.4. The number of nitrogens with one attached hydrogen (secondary N) is 1. The first-order valence-corrected chi connectivity index (χ1v) is 6.93. The molecule has 23 heavy (non-hydrogen) atoms. The highest BCUT2D eigenvalue weighted by Gasteiger charge is 2.11. The van der Waals surface area contributed by atoms with Gasteiger partial charge in [-0.2, -0.15) is 10.4 Å². The molecule has 110 valence electrons. The van der Waals surface area contributed by atoms with Crippen molar-refractivity contribution < 1.29 is 4.39 Å². The third-order valence-corrected chi connectivity index (χ3v) is 3.68. The third kappa shape index (κ3) is 2.15. The molecule has 0 saturated carbocycles. The molecular formula is C17H10FN5. The zero-order chi connectivity index (χ0) is 15.8. The monoisotopic (exact) mass is 303 g/mol. The number of nitrogens with zero attached hydrogens (tertiary/aromatic N) is 4. The summed E-state index contributed by atoms with van der Waals surface area (Å²) in [7, 11) is 0. The lowest BCUT2D eigenvalue weighted by atomic mass is 10.1. The van der Waals surface area contributed by atoms with E-state index in [-0.39, 0.29) is 0 Å². The summed E-state index contributed by atoms with van der Waals surface area (Å²) in [5.41, 5.74) is 3.40. The quantitative estimate of drug-likeness (QED) is 0.616. The van der Waals surface area contributed by atoms with Crippen molar-refractivity contribution in [3.05, 3.63) is 66.5 Å². The molecule has 4 aromatic rings. The molecule has 0 aliphatic heterocycles. The van der Waals surface area contributed by atoms with Crippen molar-refractivity contribution in [3.63, 3.8) is 0 Å². The number of aromatic amines is 1. The highest BCUT2D eigenvalue weighted by Crippen LogP contribution is 2.27. The lowest BCUT2D eigenvalue weighted by Crippen LogP contribution is -1.98. The minimum absolute atomic E-state index is 0.363. The molecule has 0 radical (unpaired) electrons. The molecule has 0 amide bonds. The number of H-pyrrole nitrogens is 1. The van der Waals surface area contributed by atoms with E-state index >= 15 is 0 Å². The van der Waals surface area contributed by atoms with Gasteiger partial charge >= 0.3 is 0 Å². The third-order valence-electron chi connectivity index (χ3n) is 3.68. The van der Waals surface area contributed by atoms with E-state index in [9.17, 15) is 9.65 Å². The SMILES string of the molecule is N#Cc1ccc(F)cc1-n1cc(-c2ccnc3[nH]ccc23)cn1. The van der Waals surface area contributed by atoms with Crippen molar-refractivity contribution in [1.29, 1.82) is 5.26 Å². The highest BCUT2D eigenvalue weighted by atomic mass is 19.1. The standard InChI is InChI=1S/C17H10FN5/c18-13-2-1-11(8-19)16(7-13)23-10-12(9-22-23)14-3-5-20-17-15(14)4-6-21-17/h1-7,9-10H,(H,20,21).